The van der Waals surface area contributed by atoms with E-state index in [0.29, 0.717) is 16.8 Å². The summed E-state index contributed by atoms with van der Waals surface area (Å²) < 4.78 is 6.61. The minimum Gasteiger partial charge on any atom is -0.457 e. The van der Waals surface area contributed by atoms with Crippen LogP contribution in [0.2, 0.25) is 0 Å². The number of aromatic nitrogens is 1. The molecule has 0 aliphatic carbocycles. The van der Waals surface area contributed by atoms with Crippen LogP contribution in [0.1, 0.15) is 37.8 Å². The summed E-state index contributed by atoms with van der Waals surface area (Å²) in [5.41, 5.74) is 4.24. The Balaban J connectivity index is 1.76. The highest BCUT2D eigenvalue weighted by atomic mass is 79.9. The number of hydrogen-bond acceptors (Lipinski definition) is 6. The van der Waals surface area contributed by atoms with Gasteiger partial charge in [-0.1, -0.05) is 34.1 Å². The molecule has 0 saturated carbocycles. The molecule has 0 fully saturated rings. The summed E-state index contributed by atoms with van der Waals surface area (Å²) in [6, 6.07) is 11.5. The fourth-order valence-electron chi connectivity index (χ4n) is 4.01. The number of carbonyl (C=O) groups excluding carboxylic acids is 2. The Kier molecular flexibility index (Phi) is 6.07. The van der Waals surface area contributed by atoms with Crippen molar-refractivity contribution in [2.45, 2.75) is 33.3 Å². The van der Waals surface area contributed by atoms with E-state index in [4.69, 9.17) is 4.74 Å². The van der Waals surface area contributed by atoms with Gasteiger partial charge in [0.25, 0.3) is 0 Å². The van der Waals surface area contributed by atoms with E-state index in [-0.39, 0.29) is 12.4 Å². The number of pyridine rings is 1. The molecular formula is C24H21BrN2O3S. The van der Waals surface area contributed by atoms with Crippen molar-refractivity contribution in [3.05, 3.63) is 86.1 Å². The number of benzene rings is 1. The Hall–Kier alpha value is -2.77. The van der Waals surface area contributed by atoms with Crippen LogP contribution >= 0.6 is 27.3 Å². The highest BCUT2D eigenvalue weighted by molar-refractivity contribution is 9.10. The lowest BCUT2D eigenvalue weighted by Crippen LogP contribution is -2.31. The van der Waals surface area contributed by atoms with Gasteiger partial charge in [0.1, 0.15) is 11.4 Å². The fraction of sp³-hybridized carbons (Fsp3) is 0.208. The molecule has 3 aromatic rings. The van der Waals surface area contributed by atoms with Crippen LogP contribution in [0, 0.1) is 0 Å². The Morgan fingerprint density at radius 2 is 1.94 bits per heavy atom. The number of thiophene rings is 1. The van der Waals surface area contributed by atoms with Gasteiger partial charge in [-0.3, -0.25) is 4.79 Å². The molecule has 5 nitrogen and oxygen atoms in total. The predicted molar refractivity (Wildman–Crippen MR) is 126 cm³/mol. The van der Waals surface area contributed by atoms with Crippen LogP contribution in [-0.2, 0) is 20.9 Å². The van der Waals surface area contributed by atoms with E-state index < -0.39 is 11.9 Å². The zero-order valence-electron chi connectivity index (χ0n) is 17.4. The largest absolute Gasteiger partial charge is 0.457 e. The molecular weight excluding hydrogens is 476 g/mol. The number of nitrogens with zero attached hydrogens (tertiary/aromatic N) is 1. The number of dihydropyridines is 1. The van der Waals surface area contributed by atoms with E-state index in [0.717, 1.165) is 31.5 Å². The molecule has 1 aromatic carbocycles. The van der Waals surface area contributed by atoms with Crippen LogP contribution < -0.4 is 5.32 Å². The first-order valence-corrected chi connectivity index (χ1v) is 11.5. The smallest absolute Gasteiger partial charge is 0.337 e. The van der Waals surface area contributed by atoms with Crippen molar-refractivity contribution in [1.29, 1.82) is 0 Å². The van der Waals surface area contributed by atoms with Crippen molar-refractivity contribution in [3.8, 4) is 0 Å². The van der Waals surface area contributed by atoms with Gasteiger partial charge in [-0.25, -0.2) is 9.78 Å². The Morgan fingerprint density at radius 1 is 1.16 bits per heavy atom. The molecule has 0 saturated heterocycles. The van der Waals surface area contributed by atoms with Crippen LogP contribution in [0.4, 0.5) is 0 Å². The molecule has 158 valence electrons. The number of allylic oxidation sites excluding steroid dienone is 3. The first kappa shape index (κ1) is 21.5. The minimum atomic E-state index is -0.508. The molecule has 2 aromatic heterocycles. The Morgan fingerprint density at radius 3 is 2.68 bits per heavy atom. The molecule has 1 aliphatic rings. The molecule has 1 N–H and O–H groups in total. The number of esters is 1. The predicted octanol–water partition coefficient (Wildman–Crippen LogP) is 5.63. The SMILES string of the molecule is CC(=O)C1=C(C)NC(C)=C(C(=O)OCc2cccc(Br)c2)C1c1csc2ncccc12. The van der Waals surface area contributed by atoms with Crippen LogP contribution in [0.5, 0.6) is 0 Å². The molecule has 1 atom stereocenters. The van der Waals surface area contributed by atoms with Gasteiger partial charge < -0.3 is 10.1 Å². The van der Waals surface area contributed by atoms with Gasteiger partial charge in [-0.05, 0) is 55.5 Å². The first-order chi connectivity index (χ1) is 14.9. The molecule has 31 heavy (non-hydrogen) atoms. The van der Waals surface area contributed by atoms with Crippen molar-refractivity contribution in [2.75, 3.05) is 0 Å². The average molecular weight is 497 g/mol. The van der Waals surface area contributed by atoms with Crippen molar-refractivity contribution >= 4 is 49.2 Å². The molecule has 4 rings (SSSR count). The van der Waals surface area contributed by atoms with Crippen LogP contribution in [0.15, 0.2) is 75.0 Å². The number of halogens is 1. The van der Waals surface area contributed by atoms with E-state index in [2.05, 4.69) is 26.2 Å². The van der Waals surface area contributed by atoms with Gasteiger partial charge in [0, 0.05) is 38.9 Å². The van der Waals surface area contributed by atoms with Gasteiger partial charge in [0.05, 0.1) is 5.57 Å². The van der Waals surface area contributed by atoms with Crippen LogP contribution in [0.3, 0.4) is 0 Å². The molecule has 0 amide bonds. The number of hydrogen-bond donors (Lipinski definition) is 1. The van der Waals surface area contributed by atoms with E-state index in [1.165, 1.54) is 18.3 Å². The second kappa shape index (κ2) is 8.77. The molecule has 1 unspecified atom stereocenters. The third-order valence-corrected chi connectivity index (χ3v) is 6.72. The van der Waals surface area contributed by atoms with E-state index >= 15 is 0 Å². The summed E-state index contributed by atoms with van der Waals surface area (Å²) in [5, 5.41) is 6.13. The van der Waals surface area contributed by atoms with Gasteiger partial charge in [0.15, 0.2) is 5.78 Å². The summed E-state index contributed by atoms with van der Waals surface area (Å²) in [7, 11) is 0. The highest BCUT2D eigenvalue weighted by Crippen LogP contribution is 2.43. The number of ether oxygens (including phenoxy) is 1. The van der Waals surface area contributed by atoms with E-state index in [1.807, 2.05) is 55.6 Å². The average Bonchev–Trinajstić information content (AvgIpc) is 3.15. The third-order valence-electron chi connectivity index (χ3n) is 5.31. The Bertz CT molecular complexity index is 1260. The number of Topliss-reactive ketones (excluding diaryl/α,β-unsaturated/α-hetero) is 1. The Labute approximate surface area is 193 Å². The van der Waals surface area contributed by atoms with Crippen molar-refractivity contribution in [2.24, 2.45) is 0 Å². The maximum Gasteiger partial charge on any atom is 0.337 e. The summed E-state index contributed by atoms with van der Waals surface area (Å²) in [4.78, 5) is 31.3. The maximum absolute atomic E-state index is 13.3. The fourth-order valence-corrected chi connectivity index (χ4v) is 5.39. The topological polar surface area (TPSA) is 68.3 Å². The first-order valence-electron chi connectivity index (χ1n) is 9.80. The molecule has 0 radical (unpaired) electrons. The van der Waals surface area contributed by atoms with E-state index in [1.54, 1.807) is 6.20 Å². The monoisotopic (exact) mass is 496 g/mol. The molecule has 1 aliphatic heterocycles. The standard InChI is InChI=1S/C24H21BrN2O3S/c1-13-20(15(3)28)22(19-12-31-23-18(19)8-5-9-26-23)21(14(2)27-13)24(29)30-11-16-6-4-7-17(25)10-16/h4-10,12,22,27H,11H2,1-3H3. The van der Waals surface area contributed by atoms with Gasteiger partial charge in [-0.2, -0.15) is 0 Å². The lowest BCUT2D eigenvalue weighted by molar-refractivity contribution is -0.140. The van der Waals surface area contributed by atoms with Crippen molar-refractivity contribution in [1.82, 2.24) is 10.3 Å². The summed E-state index contributed by atoms with van der Waals surface area (Å²) in [6.07, 6.45) is 1.74. The molecule has 3 heterocycles. The van der Waals surface area contributed by atoms with Gasteiger partial charge in [0.2, 0.25) is 0 Å². The number of fused-ring (bicyclic) bond motifs is 1. The minimum absolute atomic E-state index is 0.0805. The maximum atomic E-state index is 13.3. The number of ketones is 1. The molecule has 0 spiro atoms. The lowest BCUT2D eigenvalue weighted by Gasteiger charge is -2.30. The molecule has 7 heteroatoms. The van der Waals surface area contributed by atoms with Crippen LogP contribution in [-0.4, -0.2) is 16.7 Å². The second-order valence-corrected chi connectivity index (χ2v) is 9.22. The van der Waals surface area contributed by atoms with Gasteiger partial charge in [-0.15, -0.1) is 11.3 Å². The van der Waals surface area contributed by atoms with Gasteiger partial charge >= 0.3 is 5.97 Å². The summed E-state index contributed by atoms with van der Waals surface area (Å²) >= 11 is 4.94. The zero-order valence-corrected chi connectivity index (χ0v) is 19.8. The van der Waals surface area contributed by atoms with E-state index in [9.17, 15) is 9.59 Å². The third kappa shape index (κ3) is 4.20. The van der Waals surface area contributed by atoms with Crippen molar-refractivity contribution < 1.29 is 14.3 Å². The number of nitrogens with one attached hydrogen (secondary N) is 1. The van der Waals surface area contributed by atoms with Crippen LogP contribution in [0.25, 0.3) is 10.2 Å². The van der Waals surface area contributed by atoms with Crippen molar-refractivity contribution in [3.63, 3.8) is 0 Å². The highest BCUT2D eigenvalue weighted by Gasteiger charge is 2.37. The number of rotatable bonds is 5. The normalized spacial score (nSPS) is 16.5. The second-order valence-electron chi connectivity index (χ2n) is 7.44. The zero-order chi connectivity index (χ0) is 22.1. The quantitative estimate of drug-likeness (QED) is 0.463. The summed E-state index contributed by atoms with van der Waals surface area (Å²) in [6.45, 7) is 5.39. The number of carbonyl (C=O) groups is 2. The summed E-state index contributed by atoms with van der Waals surface area (Å²) in [5.74, 6) is -1.03. The molecule has 0 bridgehead atoms. The lowest BCUT2D eigenvalue weighted by atomic mass is 9.79.